The third kappa shape index (κ3) is 5.35. The van der Waals surface area contributed by atoms with Crippen LogP contribution in [0.4, 0.5) is 0 Å². The average Bonchev–Trinajstić information content (AvgIpc) is 3.56. The molecule has 4 aromatic rings. The van der Waals surface area contributed by atoms with Gasteiger partial charge in [0.25, 0.3) is 0 Å². The number of nitrogens with zero attached hydrogens (tertiary/aromatic N) is 4. The molecule has 2 aromatic heterocycles. The highest BCUT2D eigenvalue weighted by Gasteiger charge is 2.30. The van der Waals surface area contributed by atoms with Gasteiger partial charge in [-0.1, -0.05) is 59.8 Å². The van der Waals surface area contributed by atoms with E-state index < -0.39 is 0 Å². The van der Waals surface area contributed by atoms with E-state index in [9.17, 15) is 4.79 Å². The van der Waals surface area contributed by atoms with Crippen molar-refractivity contribution < 1.29 is 9.32 Å². The molecule has 1 atom stereocenters. The van der Waals surface area contributed by atoms with Crippen molar-refractivity contribution in [3.8, 4) is 10.7 Å². The minimum Gasteiger partial charge on any atom is -0.339 e. The van der Waals surface area contributed by atoms with E-state index >= 15 is 0 Å². The molecule has 1 amide bonds. The molecule has 0 N–H and O–H groups in total. The van der Waals surface area contributed by atoms with Gasteiger partial charge in [0.05, 0.1) is 11.4 Å². The van der Waals surface area contributed by atoms with Crippen molar-refractivity contribution in [2.45, 2.75) is 16.7 Å². The number of benzene rings is 2. The van der Waals surface area contributed by atoms with Gasteiger partial charge in [-0.15, -0.1) is 23.1 Å². The molecule has 0 spiro atoms. The Morgan fingerprint density at radius 3 is 2.39 bits per heavy atom. The molecule has 33 heavy (non-hydrogen) atoms. The van der Waals surface area contributed by atoms with Gasteiger partial charge in [-0.05, 0) is 29.1 Å². The van der Waals surface area contributed by atoms with Gasteiger partial charge in [0.15, 0.2) is 0 Å². The Balaban J connectivity index is 1.22. The van der Waals surface area contributed by atoms with E-state index in [0.717, 1.165) is 28.4 Å². The van der Waals surface area contributed by atoms with E-state index in [4.69, 9.17) is 4.52 Å². The van der Waals surface area contributed by atoms with Crippen LogP contribution >= 0.6 is 23.1 Å². The molecule has 1 fully saturated rings. The van der Waals surface area contributed by atoms with E-state index in [2.05, 4.69) is 27.2 Å². The first-order valence-corrected chi connectivity index (χ1v) is 12.7. The maximum absolute atomic E-state index is 13.5. The molecule has 2 aromatic carbocycles. The van der Waals surface area contributed by atoms with Gasteiger partial charge in [0.2, 0.25) is 17.6 Å². The van der Waals surface area contributed by atoms with Crippen LogP contribution in [0.15, 0.2) is 87.6 Å². The summed E-state index contributed by atoms with van der Waals surface area (Å²) in [6.07, 6.45) is 0. The van der Waals surface area contributed by atoms with Crippen LogP contribution in [0.25, 0.3) is 10.7 Å². The van der Waals surface area contributed by atoms with Crippen LogP contribution in [0, 0.1) is 0 Å². The van der Waals surface area contributed by atoms with Crippen LogP contribution in [-0.2, 0) is 11.3 Å². The summed E-state index contributed by atoms with van der Waals surface area (Å²) in [5.41, 5.74) is 1.03. The molecule has 1 aliphatic heterocycles. The summed E-state index contributed by atoms with van der Waals surface area (Å²) < 4.78 is 5.45. The zero-order valence-electron chi connectivity index (χ0n) is 18.0. The normalized spacial score (nSPS) is 15.5. The lowest BCUT2D eigenvalue weighted by molar-refractivity contribution is -0.132. The first kappa shape index (κ1) is 21.9. The summed E-state index contributed by atoms with van der Waals surface area (Å²) in [6, 6.07) is 24.1. The van der Waals surface area contributed by atoms with E-state index in [0.29, 0.717) is 31.3 Å². The van der Waals surface area contributed by atoms with Gasteiger partial charge in [0.1, 0.15) is 5.25 Å². The first-order chi connectivity index (χ1) is 16.3. The number of piperazine rings is 1. The fourth-order valence-electron chi connectivity index (χ4n) is 3.83. The predicted molar refractivity (Wildman–Crippen MR) is 131 cm³/mol. The summed E-state index contributed by atoms with van der Waals surface area (Å²) in [7, 11) is 0. The van der Waals surface area contributed by atoms with Crippen LogP contribution in [0.1, 0.15) is 16.7 Å². The third-order valence-electron chi connectivity index (χ3n) is 5.58. The van der Waals surface area contributed by atoms with Gasteiger partial charge in [-0.3, -0.25) is 9.69 Å². The molecular weight excluding hydrogens is 452 g/mol. The Morgan fingerprint density at radius 2 is 1.70 bits per heavy atom. The highest BCUT2D eigenvalue weighted by molar-refractivity contribution is 8.00. The Kier molecular flexibility index (Phi) is 6.85. The average molecular weight is 477 g/mol. The van der Waals surface area contributed by atoms with Crippen molar-refractivity contribution in [3.05, 3.63) is 89.6 Å². The summed E-state index contributed by atoms with van der Waals surface area (Å²) in [5, 5.41) is 5.83. The number of aromatic nitrogens is 2. The third-order valence-corrected chi connectivity index (χ3v) is 7.70. The molecule has 5 rings (SSSR count). The number of amides is 1. The van der Waals surface area contributed by atoms with E-state index in [1.54, 1.807) is 23.1 Å². The van der Waals surface area contributed by atoms with Crippen molar-refractivity contribution in [3.63, 3.8) is 0 Å². The van der Waals surface area contributed by atoms with E-state index in [-0.39, 0.29) is 11.2 Å². The fourth-order valence-corrected chi connectivity index (χ4v) is 5.61. The second-order valence-electron chi connectivity index (χ2n) is 7.81. The second kappa shape index (κ2) is 10.3. The minimum absolute atomic E-state index is 0.160. The van der Waals surface area contributed by atoms with Crippen molar-refractivity contribution in [2.24, 2.45) is 0 Å². The summed E-state index contributed by atoms with van der Waals surface area (Å²) in [4.78, 5) is 24.4. The molecule has 0 bridgehead atoms. The Morgan fingerprint density at radius 1 is 0.970 bits per heavy atom. The van der Waals surface area contributed by atoms with Gasteiger partial charge in [-0.2, -0.15) is 4.98 Å². The second-order valence-corrected chi connectivity index (χ2v) is 9.94. The van der Waals surface area contributed by atoms with Crippen LogP contribution in [0.5, 0.6) is 0 Å². The van der Waals surface area contributed by atoms with Crippen molar-refractivity contribution in [2.75, 3.05) is 26.2 Å². The van der Waals surface area contributed by atoms with Crippen LogP contribution in [0.2, 0.25) is 0 Å². The van der Waals surface area contributed by atoms with Crippen LogP contribution in [-0.4, -0.2) is 52.0 Å². The topological polar surface area (TPSA) is 62.5 Å². The SMILES string of the molecule is O=C(C(Sc1ccccc1)c1ccccc1)N1CCN(Cc2nc(-c3cccs3)no2)CC1. The van der Waals surface area contributed by atoms with Crippen molar-refractivity contribution in [1.82, 2.24) is 19.9 Å². The number of hydrogen-bond donors (Lipinski definition) is 0. The maximum Gasteiger partial charge on any atom is 0.241 e. The fraction of sp³-hybridized carbons (Fsp3) is 0.240. The quantitative estimate of drug-likeness (QED) is 0.351. The van der Waals surface area contributed by atoms with Gasteiger partial charge >= 0.3 is 0 Å². The Hall–Kier alpha value is -2.94. The van der Waals surface area contributed by atoms with Crippen LogP contribution < -0.4 is 0 Å². The summed E-state index contributed by atoms with van der Waals surface area (Å²) >= 11 is 3.21. The predicted octanol–water partition coefficient (Wildman–Crippen LogP) is 4.98. The number of thiophene rings is 1. The molecule has 0 saturated carbocycles. The molecule has 0 radical (unpaired) electrons. The molecule has 1 saturated heterocycles. The lowest BCUT2D eigenvalue weighted by atomic mass is 10.1. The highest BCUT2D eigenvalue weighted by Crippen LogP contribution is 2.36. The zero-order chi connectivity index (χ0) is 22.5. The number of carbonyl (C=O) groups excluding carboxylic acids is 1. The van der Waals surface area contributed by atoms with Gasteiger partial charge in [-0.25, -0.2) is 0 Å². The zero-order valence-corrected chi connectivity index (χ0v) is 19.7. The highest BCUT2D eigenvalue weighted by atomic mass is 32.2. The van der Waals surface area contributed by atoms with Gasteiger partial charge in [0, 0.05) is 31.1 Å². The summed E-state index contributed by atoms with van der Waals surface area (Å²) in [5.74, 6) is 1.41. The molecule has 1 unspecified atom stereocenters. The first-order valence-electron chi connectivity index (χ1n) is 10.9. The number of carbonyl (C=O) groups is 1. The number of rotatable bonds is 7. The van der Waals surface area contributed by atoms with Crippen molar-refractivity contribution >= 4 is 29.0 Å². The van der Waals surface area contributed by atoms with Gasteiger partial charge < -0.3 is 9.42 Å². The van der Waals surface area contributed by atoms with Crippen molar-refractivity contribution in [1.29, 1.82) is 0 Å². The molecule has 3 heterocycles. The minimum atomic E-state index is -0.260. The molecule has 168 valence electrons. The summed E-state index contributed by atoms with van der Waals surface area (Å²) in [6.45, 7) is 3.52. The molecule has 8 heteroatoms. The molecule has 0 aliphatic carbocycles. The van der Waals surface area contributed by atoms with E-state index in [1.165, 1.54) is 0 Å². The van der Waals surface area contributed by atoms with E-state index in [1.807, 2.05) is 70.9 Å². The number of hydrogen-bond acceptors (Lipinski definition) is 7. The number of thioether (sulfide) groups is 1. The molecular formula is C25H24N4O2S2. The largest absolute Gasteiger partial charge is 0.339 e. The molecule has 1 aliphatic rings. The Bertz CT molecular complexity index is 1160. The lowest BCUT2D eigenvalue weighted by Crippen LogP contribution is -2.49. The lowest BCUT2D eigenvalue weighted by Gasteiger charge is -2.35. The smallest absolute Gasteiger partial charge is 0.241 e. The standard InChI is InChI=1S/C25H24N4O2S2/c30-25(23(19-8-3-1-4-9-19)33-20-10-5-2-6-11-20)29-15-13-28(14-16-29)18-22-26-24(27-31-22)21-12-7-17-32-21/h1-12,17,23H,13-16,18H2. The molecule has 6 nitrogen and oxygen atoms in total. The monoisotopic (exact) mass is 476 g/mol. The van der Waals surface area contributed by atoms with Crippen LogP contribution in [0.3, 0.4) is 0 Å². The maximum atomic E-state index is 13.5. The Labute approximate surface area is 201 Å².